The van der Waals surface area contributed by atoms with Crippen LogP contribution in [0, 0.1) is 5.41 Å². The van der Waals surface area contributed by atoms with Gasteiger partial charge < -0.3 is 10.6 Å². The van der Waals surface area contributed by atoms with E-state index in [0.29, 0.717) is 6.54 Å². The number of hydrogen-bond acceptors (Lipinski definition) is 2. The quantitative estimate of drug-likeness (QED) is 0.664. The zero-order chi connectivity index (χ0) is 13.8. The lowest BCUT2D eigenvalue weighted by atomic mass is 10.1. The number of rotatable bonds is 4. The molecule has 0 unspecified atom stereocenters. The van der Waals surface area contributed by atoms with Crippen LogP contribution in [0.3, 0.4) is 0 Å². The van der Waals surface area contributed by atoms with Crippen molar-refractivity contribution in [1.82, 2.24) is 0 Å². The van der Waals surface area contributed by atoms with Gasteiger partial charge in [0.05, 0.1) is 0 Å². The van der Waals surface area contributed by atoms with Crippen LogP contribution >= 0.6 is 11.6 Å². The van der Waals surface area contributed by atoms with Gasteiger partial charge in [0.1, 0.15) is 5.84 Å². The highest BCUT2D eigenvalue weighted by Crippen LogP contribution is 2.21. The van der Waals surface area contributed by atoms with Gasteiger partial charge in [-0.2, -0.15) is 0 Å². The van der Waals surface area contributed by atoms with Crippen LogP contribution in [0.5, 0.6) is 0 Å². The monoisotopic (exact) mass is 273 g/mol. The Bertz CT molecular complexity index is 595. The summed E-state index contributed by atoms with van der Waals surface area (Å²) in [5.74, 6) is 0.0768. The number of hydrogen-bond donors (Lipinski definition) is 2. The molecule has 2 aromatic rings. The van der Waals surface area contributed by atoms with E-state index < -0.39 is 0 Å². The minimum atomic E-state index is 0.0768. The molecule has 2 rings (SSSR count). The van der Waals surface area contributed by atoms with Gasteiger partial charge in [-0.15, -0.1) is 0 Å². The number of amidine groups is 1. The second kappa shape index (κ2) is 5.76. The molecule has 0 fully saturated rings. The fourth-order valence-corrected chi connectivity index (χ4v) is 2.08. The Labute approximate surface area is 118 Å². The summed E-state index contributed by atoms with van der Waals surface area (Å²) >= 11 is 6.16. The predicted molar refractivity (Wildman–Crippen MR) is 81.0 cm³/mol. The predicted octanol–water partition coefficient (Wildman–Crippen LogP) is 3.26. The first-order valence-corrected chi connectivity index (χ1v) is 6.34. The highest BCUT2D eigenvalue weighted by Gasteiger charge is 2.06. The van der Waals surface area contributed by atoms with Crippen LogP contribution in [-0.2, 0) is 6.54 Å². The molecule has 3 N–H and O–H groups in total. The summed E-state index contributed by atoms with van der Waals surface area (Å²) in [6.07, 6.45) is 0. The van der Waals surface area contributed by atoms with Gasteiger partial charge in [0.15, 0.2) is 0 Å². The number of nitrogens with one attached hydrogen (secondary N) is 1. The molecular formula is C15H16ClN3. The molecule has 0 aliphatic carbocycles. The summed E-state index contributed by atoms with van der Waals surface area (Å²) in [5.41, 5.74) is 8.31. The molecule has 0 saturated carbocycles. The molecule has 4 heteroatoms. The van der Waals surface area contributed by atoms with E-state index in [1.807, 2.05) is 55.6 Å². The Morgan fingerprint density at radius 1 is 1.21 bits per heavy atom. The lowest BCUT2D eigenvalue weighted by Gasteiger charge is -2.20. The van der Waals surface area contributed by atoms with Gasteiger partial charge >= 0.3 is 0 Å². The Morgan fingerprint density at radius 2 is 1.95 bits per heavy atom. The largest absolute Gasteiger partial charge is 0.384 e. The Hall–Kier alpha value is -2.00. The van der Waals surface area contributed by atoms with Crippen LogP contribution in [0.4, 0.5) is 5.69 Å². The molecule has 0 amide bonds. The smallest absolute Gasteiger partial charge is 0.122 e. The summed E-state index contributed by atoms with van der Waals surface area (Å²) < 4.78 is 0. The second-order valence-electron chi connectivity index (χ2n) is 4.41. The van der Waals surface area contributed by atoms with Gasteiger partial charge in [-0.25, -0.2) is 0 Å². The van der Waals surface area contributed by atoms with E-state index in [1.165, 1.54) is 0 Å². The maximum atomic E-state index is 7.47. The van der Waals surface area contributed by atoms with Gasteiger partial charge in [-0.3, -0.25) is 5.41 Å². The number of benzene rings is 2. The summed E-state index contributed by atoms with van der Waals surface area (Å²) in [4.78, 5) is 2.08. The van der Waals surface area contributed by atoms with Crippen molar-refractivity contribution in [1.29, 1.82) is 5.41 Å². The van der Waals surface area contributed by atoms with Gasteiger partial charge in [0.25, 0.3) is 0 Å². The summed E-state index contributed by atoms with van der Waals surface area (Å²) in [6.45, 7) is 0.709. The van der Waals surface area contributed by atoms with Gasteiger partial charge in [0.2, 0.25) is 0 Å². The number of nitrogens with two attached hydrogens (primary N) is 1. The lowest BCUT2D eigenvalue weighted by molar-refractivity contribution is 0.923. The van der Waals surface area contributed by atoms with E-state index in [0.717, 1.165) is 21.8 Å². The van der Waals surface area contributed by atoms with Crippen molar-refractivity contribution in [3.05, 3.63) is 64.7 Å². The maximum absolute atomic E-state index is 7.47. The number of nitrogens with zero attached hydrogens (tertiary/aromatic N) is 1. The van der Waals surface area contributed by atoms with E-state index in [1.54, 1.807) is 0 Å². The van der Waals surface area contributed by atoms with Crippen LogP contribution in [0.25, 0.3) is 0 Å². The third kappa shape index (κ3) is 3.26. The van der Waals surface area contributed by atoms with Crippen LogP contribution in [-0.4, -0.2) is 12.9 Å². The zero-order valence-electron chi connectivity index (χ0n) is 10.7. The molecule has 0 aromatic heterocycles. The molecule has 0 aliphatic heterocycles. The SMILES string of the molecule is CN(Cc1ccccc1Cl)c1cccc(C(=N)N)c1. The highest BCUT2D eigenvalue weighted by atomic mass is 35.5. The summed E-state index contributed by atoms with van der Waals surface area (Å²) in [7, 11) is 1.99. The molecule has 98 valence electrons. The van der Waals surface area contributed by atoms with Gasteiger partial charge in [-0.05, 0) is 23.8 Å². The van der Waals surface area contributed by atoms with Crippen molar-refractivity contribution < 1.29 is 0 Å². The maximum Gasteiger partial charge on any atom is 0.122 e. The minimum absolute atomic E-state index is 0.0768. The van der Waals surface area contributed by atoms with Crippen molar-refractivity contribution in [3.63, 3.8) is 0 Å². The molecule has 0 saturated heterocycles. The van der Waals surface area contributed by atoms with E-state index in [9.17, 15) is 0 Å². The van der Waals surface area contributed by atoms with Gasteiger partial charge in [0, 0.05) is 29.9 Å². The average molecular weight is 274 g/mol. The Kier molecular flexibility index (Phi) is 4.07. The molecule has 0 radical (unpaired) electrons. The molecule has 0 spiro atoms. The minimum Gasteiger partial charge on any atom is -0.384 e. The molecule has 19 heavy (non-hydrogen) atoms. The van der Waals surface area contributed by atoms with Crippen LogP contribution in [0.15, 0.2) is 48.5 Å². The first-order valence-electron chi connectivity index (χ1n) is 5.97. The summed E-state index contributed by atoms with van der Waals surface area (Å²) in [6, 6.07) is 15.4. The third-order valence-electron chi connectivity index (χ3n) is 2.96. The fourth-order valence-electron chi connectivity index (χ4n) is 1.88. The van der Waals surface area contributed by atoms with Crippen LogP contribution in [0.2, 0.25) is 5.02 Å². The summed E-state index contributed by atoms with van der Waals surface area (Å²) in [5, 5.41) is 8.23. The molecular weight excluding hydrogens is 258 g/mol. The van der Waals surface area contributed by atoms with Crippen LogP contribution in [0.1, 0.15) is 11.1 Å². The molecule has 3 nitrogen and oxygen atoms in total. The van der Waals surface area contributed by atoms with E-state index in [2.05, 4.69) is 4.90 Å². The average Bonchev–Trinajstić information content (AvgIpc) is 2.41. The fraction of sp³-hybridized carbons (Fsp3) is 0.133. The number of anilines is 1. The topological polar surface area (TPSA) is 53.1 Å². The lowest BCUT2D eigenvalue weighted by Crippen LogP contribution is -2.18. The zero-order valence-corrected chi connectivity index (χ0v) is 11.5. The standard InChI is InChI=1S/C15H16ClN3/c1-19(10-12-5-2-3-8-14(12)16)13-7-4-6-11(9-13)15(17)18/h2-9H,10H2,1H3,(H3,17,18). The van der Waals surface area contributed by atoms with E-state index in [-0.39, 0.29) is 5.84 Å². The van der Waals surface area contributed by atoms with Crippen molar-refractivity contribution in [2.24, 2.45) is 5.73 Å². The number of nitrogen functional groups attached to an aromatic ring is 1. The van der Waals surface area contributed by atoms with E-state index >= 15 is 0 Å². The molecule has 0 bridgehead atoms. The van der Waals surface area contributed by atoms with Crippen molar-refractivity contribution >= 4 is 23.1 Å². The van der Waals surface area contributed by atoms with Crippen molar-refractivity contribution in [3.8, 4) is 0 Å². The number of halogens is 1. The molecule has 0 atom stereocenters. The van der Waals surface area contributed by atoms with Crippen LogP contribution < -0.4 is 10.6 Å². The normalized spacial score (nSPS) is 10.2. The van der Waals surface area contributed by atoms with Crippen molar-refractivity contribution in [2.75, 3.05) is 11.9 Å². The molecule has 0 aliphatic rings. The van der Waals surface area contributed by atoms with Crippen molar-refractivity contribution in [2.45, 2.75) is 6.54 Å². The van der Waals surface area contributed by atoms with E-state index in [4.69, 9.17) is 22.7 Å². The second-order valence-corrected chi connectivity index (χ2v) is 4.82. The third-order valence-corrected chi connectivity index (χ3v) is 3.33. The first kappa shape index (κ1) is 13.4. The first-order chi connectivity index (χ1) is 9.08. The van der Waals surface area contributed by atoms with Gasteiger partial charge in [-0.1, -0.05) is 41.9 Å². The Morgan fingerprint density at radius 3 is 2.63 bits per heavy atom. The Balaban J connectivity index is 2.20. The molecule has 2 aromatic carbocycles. The molecule has 0 heterocycles. The highest BCUT2D eigenvalue weighted by molar-refractivity contribution is 6.31.